The maximum absolute atomic E-state index is 13.3. The zero-order valence-corrected chi connectivity index (χ0v) is 19.4. The van der Waals surface area contributed by atoms with E-state index in [9.17, 15) is 31.2 Å². The smallest absolute Gasteiger partial charge is 0.416 e. The minimum Gasteiger partial charge on any atom is -0.481 e. The van der Waals surface area contributed by atoms with Gasteiger partial charge < -0.3 is 10.0 Å². The number of benzene rings is 2. The Kier molecular flexibility index (Phi) is 7.37. The third-order valence-electron chi connectivity index (χ3n) is 5.66. The number of hydrogen-bond acceptors (Lipinski definition) is 4. The Morgan fingerprint density at radius 3 is 2.09 bits per heavy atom. The summed E-state index contributed by atoms with van der Waals surface area (Å²) in [6.07, 6.45) is -4.86. The van der Waals surface area contributed by atoms with E-state index in [0.717, 1.165) is 12.1 Å². The van der Waals surface area contributed by atoms with Crippen molar-refractivity contribution < 1.29 is 36.3 Å². The summed E-state index contributed by atoms with van der Waals surface area (Å²) in [5, 5.41) is 8.98. The number of carbonyl (C=O) groups is 2. The van der Waals surface area contributed by atoms with Gasteiger partial charge in [-0.25, -0.2) is 8.42 Å². The molecule has 1 N–H and O–H groups in total. The average molecular weight is 499 g/mol. The van der Waals surface area contributed by atoms with Gasteiger partial charge in [0, 0.05) is 25.2 Å². The molecular formula is C23H25F3N2O5S. The van der Waals surface area contributed by atoms with Crippen LogP contribution in [0.25, 0.3) is 0 Å². The van der Waals surface area contributed by atoms with Crippen LogP contribution in [-0.2, 0) is 38.6 Å². The number of nitrogens with zero attached hydrogens (tertiary/aromatic N) is 2. The van der Waals surface area contributed by atoms with Gasteiger partial charge in [0.1, 0.15) is 0 Å². The lowest BCUT2D eigenvalue weighted by atomic mass is 10.1. The van der Waals surface area contributed by atoms with Crippen molar-refractivity contribution in [3.63, 3.8) is 0 Å². The molecule has 184 valence electrons. The molecule has 0 radical (unpaired) electrons. The number of piperazine rings is 1. The van der Waals surface area contributed by atoms with E-state index < -0.39 is 39.8 Å². The summed E-state index contributed by atoms with van der Waals surface area (Å²) in [5.74, 6) is -1.38. The van der Waals surface area contributed by atoms with Crippen molar-refractivity contribution in [3.05, 3.63) is 65.2 Å². The molecule has 1 saturated heterocycles. The van der Waals surface area contributed by atoms with E-state index in [1.165, 1.54) is 45.6 Å². The SMILES string of the molecule is CC1CN(C(=O)Cc2ccc(C(F)(F)F)cc2)CC(C)N1S(=O)(=O)c1cccc(CC(=O)O)c1. The molecule has 1 aliphatic rings. The first-order valence-electron chi connectivity index (χ1n) is 10.6. The van der Waals surface area contributed by atoms with Gasteiger partial charge in [-0.15, -0.1) is 0 Å². The molecule has 2 unspecified atom stereocenters. The largest absolute Gasteiger partial charge is 0.481 e. The Labute approximate surface area is 195 Å². The maximum atomic E-state index is 13.3. The topological polar surface area (TPSA) is 95.0 Å². The van der Waals surface area contributed by atoms with Gasteiger partial charge in [0.05, 0.1) is 23.3 Å². The highest BCUT2D eigenvalue weighted by Gasteiger charge is 2.39. The number of sulfonamides is 1. The first-order valence-corrected chi connectivity index (χ1v) is 12.0. The standard InChI is InChI=1S/C23H25F3N2O5S/c1-15-13-27(21(29)11-17-6-8-19(9-7-17)23(24,25)26)14-16(2)28(15)34(32,33)20-5-3-4-18(10-20)12-22(30)31/h3-10,15-16H,11-14H2,1-2H3,(H,30,31). The molecular weight excluding hydrogens is 473 g/mol. The van der Waals surface area contributed by atoms with E-state index in [1.807, 2.05) is 0 Å². The Balaban J connectivity index is 1.72. The van der Waals surface area contributed by atoms with Crippen molar-refractivity contribution >= 4 is 21.9 Å². The number of rotatable bonds is 6. The van der Waals surface area contributed by atoms with Crippen LogP contribution in [0.2, 0.25) is 0 Å². The monoisotopic (exact) mass is 498 g/mol. The van der Waals surface area contributed by atoms with Gasteiger partial charge in [-0.2, -0.15) is 17.5 Å². The van der Waals surface area contributed by atoms with Crippen molar-refractivity contribution in [1.82, 2.24) is 9.21 Å². The Morgan fingerprint density at radius 2 is 1.56 bits per heavy atom. The molecule has 2 aromatic rings. The molecule has 7 nitrogen and oxygen atoms in total. The number of carboxylic acids is 1. The second-order valence-corrected chi connectivity index (χ2v) is 10.3. The van der Waals surface area contributed by atoms with Crippen molar-refractivity contribution in [2.45, 2.75) is 49.8 Å². The van der Waals surface area contributed by atoms with Crippen LogP contribution in [0, 0.1) is 0 Å². The summed E-state index contributed by atoms with van der Waals surface area (Å²) < 4.78 is 66.1. The number of alkyl halides is 3. The summed E-state index contributed by atoms with van der Waals surface area (Å²) in [5.41, 5.74) is 0.0000256. The molecule has 34 heavy (non-hydrogen) atoms. The zero-order valence-electron chi connectivity index (χ0n) is 18.6. The molecule has 0 aromatic heterocycles. The van der Waals surface area contributed by atoms with E-state index in [4.69, 9.17) is 5.11 Å². The summed E-state index contributed by atoms with van der Waals surface area (Å²) >= 11 is 0. The lowest BCUT2D eigenvalue weighted by Crippen LogP contribution is -2.59. The first kappa shape index (κ1) is 25.7. The fraction of sp³-hybridized carbons (Fsp3) is 0.391. The molecule has 11 heteroatoms. The van der Waals surface area contributed by atoms with E-state index in [1.54, 1.807) is 13.8 Å². The molecule has 0 aliphatic carbocycles. The zero-order chi connectivity index (χ0) is 25.3. The quantitative estimate of drug-likeness (QED) is 0.660. The summed E-state index contributed by atoms with van der Waals surface area (Å²) in [6, 6.07) is 9.03. The first-order chi connectivity index (χ1) is 15.8. The lowest BCUT2D eigenvalue weighted by Gasteiger charge is -2.43. The lowest BCUT2D eigenvalue weighted by molar-refractivity contribution is -0.138. The Bertz CT molecular complexity index is 1150. The van der Waals surface area contributed by atoms with Gasteiger partial charge in [0.2, 0.25) is 15.9 Å². The van der Waals surface area contributed by atoms with Crippen LogP contribution in [0.1, 0.15) is 30.5 Å². The minimum atomic E-state index is -4.46. The molecule has 2 atom stereocenters. The highest BCUT2D eigenvalue weighted by atomic mass is 32.2. The normalized spacial score (nSPS) is 19.7. The minimum absolute atomic E-state index is 0.0190. The van der Waals surface area contributed by atoms with Gasteiger partial charge in [0.25, 0.3) is 0 Å². The molecule has 1 aliphatic heterocycles. The maximum Gasteiger partial charge on any atom is 0.416 e. The summed E-state index contributed by atoms with van der Waals surface area (Å²) in [7, 11) is -3.95. The van der Waals surface area contributed by atoms with Crippen molar-refractivity contribution in [3.8, 4) is 0 Å². The van der Waals surface area contributed by atoms with E-state index in [2.05, 4.69) is 0 Å². The van der Waals surface area contributed by atoms with E-state index in [0.29, 0.717) is 11.1 Å². The van der Waals surface area contributed by atoms with Crippen LogP contribution < -0.4 is 0 Å². The van der Waals surface area contributed by atoms with Gasteiger partial charge in [-0.05, 0) is 49.2 Å². The molecule has 2 aromatic carbocycles. The summed E-state index contributed by atoms with van der Waals surface area (Å²) in [6.45, 7) is 3.59. The molecule has 0 saturated carbocycles. The third-order valence-corrected chi connectivity index (χ3v) is 7.78. The van der Waals surface area contributed by atoms with Crippen LogP contribution >= 0.6 is 0 Å². The van der Waals surface area contributed by atoms with E-state index in [-0.39, 0.29) is 36.7 Å². The number of hydrogen-bond donors (Lipinski definition) is 1. The number of halogens is 3. The van der Waals surface area contributed by atoms with Crippen molar-refractivity contribution in [2.75, 3.05) is 13.1 Å². The number of carbonyl (C=O) groups excluding carboxylic acids is 1. The van der Waals surface area contributed by atoms with Gasteiger partial charge >= 0.3 is 12.1 Å². The number of aliphatic carboxylic acids is 1. The Hall–Kier alpha value is -2.92. The van der Waals surface area contributed by atoms with Crippen LogP contribution in [-0.4, -0.2) is 59.8 Å². The van der Waals surface area contributed by atoms with E-state index >= 15 is 0 Å². The van der Waals surface area contributed by atoms with Gasteiger partial charge in [-0.3, -0.25) is 9.59 Å². The van der Waals surface area contributed by atoms with Crippen LogP contribution in [0.3, 0.4) is 0 Å². The molecule has 0 bridgehead atoms. The van der Waals surface area contributed by atoms with Gasteiger partial charge in [-0.1, -0.05) is 24.3 Å². The number of amides is 1. The highest BCUT2D eigenvalue weighted by Crippen LogP contribution is 2.30. The molecule has 1 amide bonds. The van der Waals surface area contributed by atoms with Crippen LogP contribution in [0.5, 0.6) is 0 Å². The van der Waals surface area contributed by atoms with Gasteiger partial charge in [0.15, 0.2) is 0 Å². The fourth-order valence-corrected chi connectivity index (χ4v) is 6.07. The Morgan fingerprint density at radius 1 is 0.971 bits per heavy atom. The fourth-order valence-electron chi connectivity index (χ4n) is 4.20. The molecule has 1 fully saturated rings. The predicted molar refractivity (Wildman–Crippen MR) is 117 cm³/mol. The second kappa shape index (κ2) is 9.75. The van der Waals surface area contributed by atoms with Crippen LogP contribution in [0.4, 0.5) is 13.2 Å². The summed E-state index contributed by atoms with van der Waals surface area (Å²) in [4.78, 5) is 25.3. The predicted octanol–water partition coefficient (Wildman–Crippen LogP) is 3.19. The molecule has 0 spiro atoms. The second-order valence-electron chi connectivity index (χ2n) is 8.42. The number of carboxylic acid groups (broad SMARTS) is 1. The highest BCUT2D eigenvalue weighted by molar-refractivity contribution is 7.89. The average Bonchev–Trinajstić information content (AvgIpc) is 2.72. The van der Waals surface area contributed by atoms with Crippen molar-refractivity contribution in [1.29, 1.82) is 0 Å². The van der Waals surface area contributed by atoms with Crippen LogP contribution in [0.15, 0.2) is 53.4 Å². The molecule has 1 heterocycles. The third kappa shape index (κ3) is 5.76. The van der Waals surface area contributed by atoms with Crippen molar-refractivity contribution in [2.24, 2.45) is 0 Å². The molecule has 3 rings (SSSR count).